The van der Waals surface area contributed by atoms with Crippen LogP contribution in [0.3, 0.4) is 0 Å². The molecule has 0 bridgehead atoms. The van der Waals surface area contributed by atoms with E-state index < -0.39 is 0 Å². The topological polar surface area (TPSA) is 35.5 Å². The highest BCUT2D eigenvalue weighted by molar-refractivity contribution is 5.66. The van der Waals surface area contributed by atoms with Crippen LogP contribution in [0.25, 0.3) is 0 Å². The van der Waals surface area contributed by atoms with Gasteiger partial charge in [0.25, 0.3) is 0 Å². The van der Waals surface area contributed by atoms with Gasteiger partial charge in [-0.2, -0.15) is 0 Å². The minimum Gasteiger partial charge on any atom is -0.497 e. The zero-order valence-corrected chi connectivity index (χ0v) is 8.74. The molecule has 0 heterocycles. The van der Waals surface area contributed by atoms with Crippen molar-refractivity contribution in [2.45, 2.75) is 6.92 Å². The van der Waals surface area contributed by atoms with Crippen LogP contribution >= 0.6 is 0 Å². The lowest BCUT2D eigenvalue weighted by molar-refractivity contribution is -0.139. The van der Waals surface area contributed by atoms with Gasteiger partial charge in [-0.05, 0) is 24.3 Å². The smallest absolute Gasteiger partial charge is 0.303 e. The van der Waals surface area contributed by atoms with Gasteiger partial charge in [0, 0.05) is 12.5 Å². The van der Waals surface area contributed by atoms with Gasteiger partial charge in [-0.1, -0.05) is 11.8 Å². The molecule has 0 spiro atoms. The second-order valence-electron chi connectivity index (χ2n) is 2.81. The number of rotatable bonds is 2. The first-order valence-corrected chi connectivity index (χ1v) is 4.48. The summed E-state index contributed by atoms with van der Waals surface area (Å²) >= 11 is 0. The van der Waals surface area contributed by atoms with E-state index in [1.54, 1.807) is 7.11 Å². The molecule has 78 valence electrons. The summed E-state index contributed by atoms with van der Waals surface area (Å²) in [4.78, 5) is 10.4. The number of ether oxygens (including phenoxy) is 2. The highest BCUT2D eigenvalue weighted by Gasteiger charge is 1.90. The fourth-order valence-corrected chi connectivity index (χ4v) is 0.950. The molecule has 0 saturated carbocycles. The maximum absolute atomic E-state index is 10.4. The molecule has 0 N–H and O–H groups in total. The Morgan fingerprint density at radius 3 is 2.53 bits per heavy atom. The average molecular weight is 204 g/mol. The Labute approximate surface area is 89.0 Å². The fraction of sp³-hybridized carbons (Fsp3) is 0.250. The summed E-state index contributed by atoms with van der Waals surface area (Å²) in [5.41, 5.74) is 0.864. The second kappa shape index (κ2) is 5.71. The monoisotopic (exact) mass is 204 g/mol. The van der Waals surface area contributed by atoms with Crippen molar-refractivity contribution in [3.05, 3.63) is 29.8 Å². The molecule has 0 aliphatic rings. The van der Waals surface area contributed by atoms with Crippen LogP contribution in [0.2, 0.25) is 0 Å². The van der Waals surface area contributed by atoms with Crippen molar-refractivity contribution in [1.29, 1.82) is 0 Å². The first-order valence-electron chi connectivity index (χ1n) is 4.48. The molecular weight excluding hydrogens is 192 g/mol. The Morgan fingerprint density at radius 1 is 1.33 bits per heavy atom. The molecule has 0 radical (unpaired) electrons. The molecule has 1 rings (SSSR count). The Bertz CT molecular complexity index is 382. The van der Waals surface area contributed by atoms with Gasteiger partial charge in [0.1, 0.15) is 5.75 Å². The number of carbonyl (C=O) groups excluding carboxylic acids is 1. The normalized spacial score (nSPS) is 8.67. The van der Waals surface area contributed by atoms with Gasteiger partial charge < -0.3 is 9.47 Å². The van der Waals surface area contributed by atoms with Gasteiger partial charge in [-0.25, -0.2) is 0 Å². The van der Waals surface area contributed by atoms with Gasteiger partial charge in [-0.3, -0.25) is 4.79 Å². The van der Waals surface area contributed by atoms with Crippen LogP contribution in [-0.2, 0) is 9.53 Å². The summed E-state index contributed by atoms with van der Waals surface area (Å²) in [6.45, 7) is 1.48. The van der Waals surface area contributed by atoms with E-state index in [1.807, 2.05) is 24.3 Å². The van der Waals surface area contributed by atoms with Crippen LogP contribution in [0.1, 0.15) is 12.5 Å². The Kier molecular flexibility index (Phi) is 4.24. The Morgan fingerprint density at radius 2 is 2.00 bits per heavy atom. The third kappa shape index (κ3) is 4.19. The molecule has 0 amide bonds. The zero-order valence-electron chi connectivity index (χ0n) is 8.74. The van der Waals surface area contributed by atoms with E-state index in [9.17, 15) is 4.79 Å². The molecule has 3 nitrogen and oxygen atoms in total. The van der Waals surface area contributed by atoms with Crippen LogP contribution in [0, 0.1) is 11.8 Å². The van der Waals surface area contributed by atoms with E-state index in [0.29, 0.717) is 0 Å². The molecule has 1 aromatic rings. The lowest BCUT2D eigenvalue weighted by atomic mass is 10.2. The minimum atomic E-state index is -0.320. The predicted molar refractivity (Wildman–Crippen MR) is 56.5 cm³/mol. The molecule has 1 aromatic carbocycles. The number of esters is 1. The highest BCUT2D eigenvalue weighted by atomic mass is 16.5. The van der Waals surface area contributed by atoms with E-state index in [1.165, 1.54) is 6.92 Å². The Balaban J connectivity index is 2.52. The molecule has 0 unspecified atom stereocenters. The maximum atomic E-state index is 10.4. The standard InChI is InChI=1S/C12H12O3/c1-10(13)15-9-3-4-11-5-7-12(14-2)8-6-11/h5-8H,9H2,1-2H3. The van der Waals surface area contributed by atoms with Crippen molar-refractivity contribution in [3.63, 3.8) is 0 Å². The molecule has 0 atom stereocenters. The van der Waals surface area contributed by atoms with E-state index >= 15 is 0 Å². The SMILES string of the molecule is COc1ccc(C#CCOC(C)=O)cc1. The Hall–Kier alpha value is -1.95. The third-order valence-electron chi connectivity index (χ3n) is 1.67. The van der Waals surface area contributed by atoms with Gasteiger partial charge in [0.15, 0.2) is 6.61 Å². The molecular formula is C12H12O3. The average Bonchev–Trinajstić information content (AvgIpc) is 2.25. The number of carbonyl (C=O) groups is 1. The van der Waals surface area contributed by atoms with E-state index in [0.717, 1.165) is 11.3 Å². The van der Waals surface area contributed by atoms with Crippen LogP contribution in [0.5, 0.6) is 5.75 Å². The van der Waals surface area contributed by atoms with E-state index in [2.05, 4.69) is 16.6 Å². The largest absolute Gasteiger partial charge is 0.497 e. The minimum absolute atomic E-state index is 0.126. The van der Waals surface area contributed by atoms with Crippen molar-refractivity contribution in [2.75, 3.05) is 13.7 Å². The molecule has 0 fully saturated rings. The van der Waals surface area contributed by atoms with Crippen LogP contribution < -0.4 is 4.74 Å². The van der Waals surface area contributed by atoms with Crippen molar-refractivity contribution in [2.24, 2.45) is 0 Å². The number of methoxy groups -OCH3 is 1. The lowest BCUT2D eigenvalue weighted by Gasteiger charge is -1.97. The maximum Gasteiger partial charge on any atom is 0.303 e. The van der Waals surface area contributed by atoms with Crippen molar-refractivity contribution in [3.8, 4) is 17.6 Å². The summed E-state index contributed by atoms with van der Waals surface area (Å²) < 4.78 is 9.68. The third-order valence-corrected chi connectivity index (χ3v) is 1.67. The molecule has 3 heteroatoms. The molecule has 0 saturated heterocycles. The van der Waals surface area contributed by atoms with Gasteiger partial charge in [-0.15, -0.1) is 0 Å². The number of hydrogen-bond acceptors (Lipinski definition) is 3. The predicted octanol–water partition coefficient (Wildman–Crippen LogP) is 1.61. The zero-order chi connectivity index (χ0) is 11.1. The van der Waals surface area contributed by atoms with Crippen molar-refractivity contribution in [1.82, 2.24) is 0 Å². The first kappa shape index (κ1) is 11.1. The summed E-state index contributed by atoms with van der Waals surface area (Å²) in [6.07, 6.45) is 0. The molecule has 0 aliphatic heterocycles. The quantitative estimate of drug-likeness (QED) is 0.542. The number of hydrogen-bond donors (Lipinski definition) is 0. The van der Waals surface area contributed by atoms with E-state index in [-0.39, 0.29) is 12.6 Å². The fourth-order valence-electron chi connectivity index (χ4n) is 0.950. The van der Waals surface area contributed by atoms with Gasteiger partial charge >= 0.3 is 5.97 Å². The summed E-state index contributed by atoms with van der Waals surface area (Å²) in [6, 6.07) is 7.35. The first-order chi connectivity index (χ1) is 7.22. The highest BCUT2D eigenvalue weighted by Crippen LogP contribution is 2.09. The van der Waals surface area contributed by atoms with Crippen LogP contribution in [0.15, 0.2) is 24.3 Å². The summed E-state index contributed by atoms with van der Waals surface area (Å²) in [7, 11) is 1.61. The number of benzene rings is 1. The van der Waals surface area contributed by atoms with Crippen molar-refractivity contribution >= 4 is 5.97 Å². The van der Waals surface area contributed by atoms with Crippen LogP contribution in [-0.4, -0.2) is 19.7 Å². The molecule has 0 aromatic heterocycles. The van der Waals surface area contributed by atoms with E-state index in [4.69, 9.17) is 4.74 Å². The molecule has 0 aliphatic carbocycles. The summed E-state index contributed by atoms with van der Waals surface area (Å²) in [5, 5.41) is 0. The second-order valence-corrected chi connectivity index (χ2v) is 2.81. The lowest BCUT2D eigenvalue weighted by Crippen LogP contribution is -1.97. The van der Waals surface area contributed by atoms with Gasteiger partial charge in [0.05, 0.1) is 7.11 Å². The molecule has 15 heavy (non-hydrogen) atoms. The van der Waals surface area contributed by atoms with Crippen LogP contribution in [0.4, 0.5) is 0 Å². The van der Waals surface area contributed by atoms with Crippen molar-refractivity contribution < 1.29 is 14.3 Å². The summed E-state index contributed by atoms with van der Waals surface area (Å²) in [5.74, 6) is 6.08. The van der Waals surface area contributed by atoms with Gasteiger partial charge in [0.2, 0.25) is 0 Å².